The Hall–Kier alpha value is -1.54. The number of aliphatic hydroxyl groups excluding tert-OH is 1. The fraction of sp³-hybridized carbons (Fsp3) is 0.444. The average molecular weight is 270 g/mol. The molecule has 0 spiro atoms. The van der Waals surface area contributed by atoms with Gasteiger partial charge in [-0.3, -0.25) is 0 Å². The van der Waals surface area contributed by atoms with Gasteiger partial charge in [-0.25, -0.2) is 0 Å². The minimum atomic E-state index is -0.551. The quantitative estimate of drug-likeness (QED) is 0.881. The second kappa shape index (κ2) is 5.45. The maximum atomic E-state index is 10.3. The first-order chi connectivity index (χ1) is 9.67. The number of hydrogen-bond acceptors (Lipinski definition) is 2. The molecule has 3 rings (SSSR count). The molecule has 1 aliphatic carbocycles. The Balaban J connectivity index is 1.65. The van der Waals surface area contributed by atoms with Gasteiger partial charge in [-0.15, -0.1) is 0 Å². The third-order valence-electron chi connectivity index (χ3n) is 4.31. The van der Waals surface area contributed by atoms with Gasteiger partial charge in [0.05, 0.1) is 0 Å². The molecule has 1 N–H and O–H groups in total. The zero-order valence-electron chi connectivity index (χ0n) is 12.2. The molecule has 1 fully saturated rings. The predicted molar refractivity (Wildman–Crippen MR) is 79.7 cm³/mol. The fourth-order valence-electron chi connectivity index (χ4n) is 2.70. The first kappa shape index (κ1) is 13.4. The third-order valence-corrected chi connectivity index (χ3v) is 4.31. The molecule has 0 amide bonds. The lowest BCUT2D eigenvalue weighted by Crippen LogP contribution is -2.00. The van der Waals surface area contributed by atoms with E-state index in [-0.39, 0.29) is 0 Å². The highest BCUT2D eigenvalue weighted by atomic mass is 16.4. The van der Waals surface area contributed by atoms with Gasteiger partial charge in [0.25, 0.3) is 0 Å². The Kier molecular flexibility index (Phi) is 3.66. The topological polar surface area (TPSA) is 33.4 Å². The number of furan rings is 1. The number of rotatable bonds is 5. The van der Waals surface area contributed by atoms with Gasteiger partial charge >= 0.3 is 0 Å². The van der Waals surface area contributed by atoms with E-state index in [9.17, 15) is 5.11 Å². The molecule has 1 aromatic carbocycles. The second-order valence-electron chi connectivity index (χ2n) is 5.95. The minimum absolute atomic E-state index is 0.551. The fourth-order valence-corrected chi connectivity index (χ4v) is 2.70. The van der Waals surface area contributed by atoms with Gasteiger partial charge in [0.2, 0.25) is 0 Å². The van der Waals surface area contributed by atoms with Crippen molar-refractivity contribution >= 4 is 0 Å². The van der Waals surface area contributed by atoms with Gasteiger partial charge in [0.1, 0.15) is 17.6 Å². The molecule has 0 aliphatic heterocycles. The third kappa shape index (κ3) is 2.80. The Morgan fingerprint density at radius 3 is 2.40 bits per heavy atom. The molecular formula is C18H22O2. The van der Waals surface area contributed by atoms with Crippen LogP contribution in [0.5, 0.6) is 0 Å². The molecule has 2 heteroatoms. The van der Waals surface area contributed by atoms with Gasteiger partial charge < -0.3 is 9.52 Å². The van der Waals surface area contributed by atoms with Crippen molar-refractivity contribution in [1.29, 1.82) is 0 Å². The largest absolute Gasteiger partial charge is 0.463 e. The highest BCUT2D eigenvalue weighted by molar-refractivity contribution is 5.25. The van der Waals surface area contributed by atoms with Crippen LogP contribution in [-0.2, 0) is 12.8 Å². The molecule has 0 saturated heterocycles. The molecule has 1 saturated carbocycles. The second-order valence-corrected chi connectivity index (χ2v) is 5.95. The van der Waals surface area contributed by atoms with Crippen LogP contribution < -0.4 is 0 Å². The molecule has 106 valence electrons. The summed E-state index contributed by atoms with van der Waals surface area (Å²) in [7, 11) is 0. The maximum Gasteiger partial charge on any atom is 0.133 e. The first-order valence-electron chi connectivity index (χ1n) is 7.53. The van der Waals surface area contributed by atoms with E-state index in [0.717, 1.165) is 23.7 Å². The van der Waals surface area contributed by atoms with Crippen LogP contribution in [0, 0.1) is 5.92 Å². The van der Waals surface area contributed by atoms with Crippen LogP contribution in [0.3, 0.4) is 0 Å². The summed E-state index contributed by atoms with van der Waals surface area (Å²) in [6, 6.07) is 12.4. The van der Waals surface area contributed by atoms with E-state index >= 15 is 0 Å². The monoisotopic (exact) mass is 270 g/mol. The summed E-state index contributed by atoms with van der Waals surface area (Å²) in [6.07, 6.45) is 2.31. The Bertz CT molecular complexity index is 567. The van der Waals surface area contributed by atoms with Crippen molar-refractivity contribution in [3.05, 3.63) is 59.0 Å². The molecule has 2 nitrogen and oxygen atoms in total. The standard InChI is InChI=1S/C18H22O2/c1-3-13-4-6-14(7-5-13)11-16(19)18-9-8-17(20-18)15-10-12(15)2/h4-9,12,15-16,19H,3,10-11H2,1-2H3. The van der Waals surface area contributed by atoms with Crippen molar-refractivity contribution in [2.24, 2.45) is 5.92 Å². The molecule has 1 aliphatic rings. The zero-order valence-corrected chi connectivity index (χ0v) is 12.2. The Morgan fingerprint density at radius 1 is 1.15 bits per heavy atom. The van der Waals surface area contributed by atoms with Crippen LogP contribution in [0.25, 0.3) is 0 Å². The summed E-state index contributed by atoms with van der Waals surface area (Å²) in [5.41, 5.74) is 2.47. The van der Waals surface area contributed by atoms with Gasteiger partial charge in [-0.1, -0.05) is 38.1 Å². The van der Waals surface area contributed by atoms with Gasteiger partial charge in [-0.05, 0) is 42.0 Å². The van der Waals surface area contributed by atoms with Gasteiger partial charge in [-0.2, -0.15) is 0 Å². The molecule has 2 aromatic rings. The molecule has 0 bridgehead atoms. The first-order valence-corrected chi connectivity index (χ1v) is 7.53. The highest BCUT2D eigenvalue weighted by Crippen LogP contribution is 2.47. The zero-order chi connectivity index (χ0) is 14.1. The molecule has 3 atom stereocenters. The van der Waals surface area contributed by atoms with Crippen molar-refractivity contribution in [3.8, 4) is 0 Å². The van der Waals surface area contributed by atoms with Gasteiger partial charge in [0, 0.05) is 12.3 Å². The van der Waals surface area contributed by atoms with Gasteiger partial charge in [0.15, 0.2) is 0 Å². The predicted octanol–water partition coefficient (Wildman–Crippen LogP) is 4.24. The summed E-state index contributed by atoms with van der Waals surface area (Å²) < 4.78 is 5.81. The van der Waals surface area contributed by atoms with Crippen LogP contribution in [0.4, 0.5) is 0 Å². The minimum Gasteiger partial charge on any atom is -0.463 e. The van der Waals surface area contributed by atoms with Crippen LogP contribution in [0.15, 0.2) is 40.8 Å². The lowest BCUT2D eigenvalue weighted by atomic mass is 10.0. The molecule has 20 heavy (non-hydrogen) atoms. The normalized spacial score (nSPS) is 22.8. The van der Waals surface area contributed by atoms with E-state index in [1.165, 1.54) is 12.0 Å². The molecular weight excluding hydrogens is 248 g/mol. The average Bonchev–Trinajstić information content (AvgIpc) is 3.01. The number of benzene rings is 1. The van der Waals surface area contributed by atoms with Crippen molar-refractivity contribution in [1.82, 2.24) is 0 Å². The van der Waals surface area contributed by atoms with E-state index in [1.807, 2.05) is 12.1 Å². The Labute approximate surface area is 120 Å². The van der Waals surface area contributed by atoms with E-state index in [4.69, 9.17) is 4.42 Å². The molecule has 3 unspecified atom stereocenters. The van der Waals surface area contributed by atoms with Crippen LogP contribution in [-0.4, -0.2) is 5.11 Å². The summed E-state index contributed by atoms with van der Waals surface area (Å²) in [6.45, 7) is 4.38. The van der Waals surface area contributed by atoms with Crippen LogP contribution in [0.1, 0.15) is 54.9 Å². The highest BCUT2D eigenvalue weighted by Gasteiger charge is 2.36. The summed E-state index contributed by atoms with van der Waals surface area (Å²) >= 11 is 0. The van der Waals surface area contributed by atoms with Crippen molar-refractivity contribution in [3.63, 3.8) is 0 Å². The summed E-state index contributed by atoms with van der Waals surface area (Å²) in [5.74, 6) is 3.03. The smallest absolute Gasteiger partial charge is 0.133 e. The van der Waals surface area contributed by atoms with E-state index < -0.39 is 6.10 Å². The summed E-state index contributed by atoms with van der Waals surface area (Å²) in [5, 5.41) is 10.3. The summed E-state index contributed by atoms with van der Waals surface area (Å²) in [4.78, 5) is 0. The molecule has 0 radical (unpaired) electrons. The van der Waals surface area contributed by atoms with Crippen molar-refractivity contribution in [2.45, 2.75) is 45.1 Å². The number of hydrogen-bond donors (Lipinski definition) is 1. The Morgan fingerprint density at radius 2 is 1.80 bits per heavy atom. The lowest BCUT2D eigenvalue weighted by Gasteiger charge is -2.08. The maximum absolute atomic E-state index is 10.3. The van der Waals surface area contributed by atoms with E-state index in [0.29, 0.717) is 18.1 Å². The van der Waals surface area contributed by atoms with Crippen molar-refractivity contribution < 1.29 is 9.52 Å². The number of aryl methyl sites for hydroxylation is 1. The van der Waals surface area contributed by atoms with Crippen LogP contribution in [0.2, 0.25) is 0 Å². The van der Waals surface area contributed by atoms with E-state index in [1.54, 1.807) is 0 Å². The van der Waals surface area contributed by atoms with Crippen molar-refractivity contribution in [2.75, 3.05) is 0 Å². The molecule has 1 heterocycles. The van der Waals surface area contributed by atoms with Crippen LogP contribution >= 0.6 is 0 Å². The van der Waals surface area contributed by atoms with E-state index in [2.05, 4.69) is 38.1 Å². The number of aliphatic hydroxyl groups is 1. The lowest BCUT2D eigenvalue weighted by molar-refractivity contribution is 0.148. The SMILES string of the molecule is CCc1ccc(CC(O)c2ccc(C3CC3C)o2)cc1. The molecule has 1 aromatic heterocycles.